The summed E-state index contributed by atoms with van der Waals surface area (Å²) in [6.07, 6.45) is 2.06. The maximum Gasteiger partial charge on any atom is 0.416 e. The maximum atomic E-state index is 12.9. The standard InChI is InChI=1S/C24H31F3N6/c1-23(2,3)12-20-29-14-19-21(32-20)33(18-10-4-15(13-28)5-11-18)22(31-19)30-17-8-6-16(7-9-17)24(25,26)27/h6-9,14-15,18H,4-5,10-13,28H2,1-3H3,(H,30,31). The van der Waals surface area contributed by atoms with Crippen LogP contribution in [0.5, 0.6) is 0 Å². The van der Waals surface area contributed by atoms with E-state index in [1.165, 1.54) is 12.1 Å². The summed E-state index contributed by atoms with van der Waals surface area (Å²) in [6.45, 7) is 7.11. The van der Waals surface area contributed by atoms with Crippen molar-refractivity contribution in [1.82, 2.24) is 19.5 Å². The van der Waals surface area contributed by atoms with Gasteiger partial charge in [0.25, 0.3) is 0 Å². The molecule has 178 valence electrons. The zero-order valence-electron chi connectivity index (χ0n) is 19.3. The topological polar surface area (TPSA) is 81.7 Å². The lowest BCUT2D eigenvalue weighted by Crippen LogP contribution is -2.24. The van der Waals surface area contributed by atoms with Gasteiger partial charge in [0.1, 0.15) is 11.3 Å². The van der Waals surface area contributed by atoms with Crippen molar-refractivity contribution in [3.05, 3.63) is 41.9 Å². The molecule has 2 aromatic heterocycles. The molecule has 33 heavy (non-hydrogen) atoms. The van der Waals surface area contributed by atoms with E-state index < -0.39 is 11.7 Å². The quantitative estimate of drug-likeness (QED) is 0.498. The molecule has 3 aromatic rings. The largest absolute Gasteiger partial charge is 0.416 e. The Bertz CT molecular complexity index is 1090. The first-order valence-electron chi connectivity index (χ1n) is 11.4. The SMILES string of the molecule is CC(C)(C)Cc1ncc2nc(Nc3ccc(C(F)(F)F)cc3)n(C3CCC(CN)CC3)c2n1. The van der Waals surface area contributed by atoms with Gasteiger partial charge in [0.15, 0.2) is 5.65 Å². The number of nitrogens with one attached hydrogen (secondary N) is 1. The summed E-state index contributed by atoms with van der Waals surface area (Å²) in [5, 5.41) is 3.22. The van der Waals surface area contributed by atoms with Gasteiger partial charge in [-0.05, 0) is 67.8 Å². The van der Waals surface area contributed by atoms with Crippen molar-refractivity contribution in [3.8, 4) is 0 Å². The minimum absolute atomic E-state index is 0.0407. The summed E-state index contributed by atoms with van der Waals surface area (Å²) in [6, 6.07) is 5.18. The molecule has 9 heteroatoms. The van der Waals surface area contributed by atoms with Crippen LogP contribution in [0.25, 0.3) is 11.2 Å². The van der Waals surface area contributed by atoms with E-state index in [4.69, 9.17) is 15.7 Å². The number of halogens is 3. The predicted molar refractivity (Wildman–Crippen MR) is 123 cm³/mol. The number of nitrogens with two attached hydrogens (primary N) is 1. The van der Waals surface area contributed by atoms with Crippen LogP contribution in [0.4, 0.5) is 24.8 Å². The molecule has 0 saturated heterocycles. The van der Waals surface area contributed by atoms with E-state index in [9.17, 15) is 13.2 Å². The molecule has 2 heterocycles. The molecule has 0 unspecified atom stereocenters. The smallest absolute Gasteiger partial charge is 0.330 e. The van der Waals surface area contributed by atoms with Gasteiger partial charge in [0.2, 0.25) is 5.95 Å². The molecule has 3 N–H and O–H groups in total. The van der Waals surface area contributed by atoms with Crippen LogP contribution >= 0.6 is 0 Å². The molecular formula is C24H31F3N6. The predicted octanol–water partition coefficient (Wildman–Crippen LogP) is 5.87. The van der Waals surface area contributed by atoms with E-state index in [0.717, 1.165) is 55.7 Å². The van der Waals surface area contributed by atoms with Crippen LogP contribution in [0.3, 0.4) is 0 Å². The first-order chi connectivity index (χ1) is 15.5. The van der Waals surface area contributed by atoms with E-state index in [1.807, 2.05) is 0 Å². The molecule has 1 fully saturated rings. The Balaban J connectivity index is 1.71. The fraction of sp³-hybridized carbons (Fsp3) is 0.542. The van der Waals surface area contributed by atoms with E-state index in [-0.39, 0.29) is 11.5 Å². The van der Waals surface area contributed by atoms with Gasteiger partial charge in [0, 0.05) is 18.2 Å². The van der Waals surface area contributed by atoms with Crippen molar-refractivity contribution in [2.24, 2.45) is 17.1 Å². The number of imidazole rings is 1. The molecule has 0 atom stereocenters. The molecular weight excluding hydrogens is 429 g/mol. The Hall–Kier alpha value is -2.68. The fourth-order valence-electron chi connectivity index (χ4n) is 4.43. The summed E-state index contributed by atoms with van der Waals surface area (Å²) in [5.41, 5.74) is 7.21. The molecule has 1 aliphatic carbocycles. The second-order valence-electron chi connectivity index (χ2n) is 10.1. The molecule has 6 nitrogen and oxygen atoms in total. The van der Waals surface area contributed by atoms with Crippen molar-refractivity contribution < 1.29 is 13.2 Å². The van der Waals surface area contributed by atoms with Crippen molar-refractivity contribution in [2.75, 3.05) is 11.9 Å². The highest BCUT2D eigenvalue weighted by Crippen LogP contribution is 2.37. The lowest BCUT2D eigenvalue weighted by atomic mass is 9.86. The Labute approximate surface area is 191 Å². The van der Waals surface area contributed by atoms with Crippen molar-refractivity contribution in [2.45, 2.75) is 65.1 Å². The Kier molecular flexibility index (Phi) is 6.35. The molecule has 0 bridgehead atoms. The van der Waals surface area contributed by atoms with Crippen LogP contribution in [-0.2, 0) is 12.6 Å². The highest BCUT2D eigenvalue weighted by molar-refractivity contribution is 5.75. The number of fused-ring (bicyclic) bond motifs is 1. The van der Waals surface area contributed by atoms with E-state index in [2.05, 4.69) is 35.6 Å². The van der Waals surface area contributed by atoms with Gasteiger partial charge in [-0.3, -0.25) is 4.57 Å². The first kappa shape index (κ1) is 23.5. The van der Waals surface area contributed by atoms with E-state index in [1.54, 1.807) is 6.20 Å². The third kappa shape index (κ3) is 5.46. The van der Waals surface area contributed by atoms with Gasteiger partial charge >= 0.3 is 6.18 Å². The zero-order valence-corrected chi connectivity index (χ0v) is 19.3. The van der Waals surface area contributed by atoms with E-state index >= 15 is 0 Å². The highest BCUT2D eigenvalue weighted by atomic mass is 19.4. The molecule has 1 aliphatic rings. The molecule has 1 aromatic carbocycles. The lowest BCUT2D eigenvalue weighted by molar-refractivity contribution is -0.137. The van der Waals surface area contributed by atoms with Crippen LogP contribution in [0, 0.1) is 11.3 Å². The van der Waals surface area contributed by atoms with E-state index in [0.29, 0.717) is 29.6 Å². The molecule has 0 radical (unpaired) electrons. The lowest BCUT2D eigenvalue weighted by Gasteiger charge is -2.30. The van der Waals surface area contributed by atoms with Gasteiger partial charge in [0.05, 0.1) is 11.8 Å². The van der Waals surface area contributed by atoms with Gasteiger partial charge in [-0.2, -0.15) is 13.2 Å². The second kappa shape index (κ2) is 8.93. The van der Waals surface area contributed by atoms with Crippen molar-refractivity contribution >= 4 is 22.8 Å². The first-order valence-corrected chi connectivity index (χ1v) is 11.4. The summed E-state index contributed by atoms with van der Waals surface area (Å²) >= 11 is 0. The Morgan fingerprint density at radius 1 is 1.03 bits per heavy atom. The number of anilines is 2. The number of hydrogen-bond donors (Lipinski definition) is 2. The Morgan fingerprint density at radius 3 is 2.27 bits per heavy atom. The zero-order chi connectivity index (χ0) is 23.8. The number of nitrogens with zero attached hydrogens (tertiary/aromatic N) is 4. The van der Waals surface area contributed by atoms with Crippen molar-refractivity contribution in [3.63, 3.8) is 0 Å². The number of rotatable bonds is 5. The van der Waals surface area contributed by atoms with Gasteiger partial charge < -0.3 is 11.1 Å². The molecule has 0 aliphatic heterocycles. The minimum Gasteiger partial charge on any atom is -0.330 e. The molecule has 0 spiro atoms. The number of benzene rings is 1. The number of alkyl halides is 3. The molecule has 4 rings (SSSR count). The second-order valence-corrected chi connectivity index (χ2v) is 10.1. The van der Waals surface area contributed by atoms with Crippen LogP contribution in [0.2, 0.25) is 0 Å². The summed E-state index contributed by atoms with van der Waals surface area (Å²) in [7, 11) is 0. The Morgan fingerprint density at radius 2 is 1.70 bits per heavy atom. The summed E-state index contributed by atoms with van der Waals surface area (Å²) in [4.78, 5) is 14.1. The molecule has 0 amide bonds. The van der Waals surface area contributed by atoms with Gasteiger partial charge in [-0.25, -0.2) is 15.0 Å². The van der Waals surface area contributed by atoms with Crippen LogP contribution in [-0.4, -0.2) is 26.1 Å². The van der Waals surface area contributed by atoms with Gasteiger partial charge in [-0.1, -0.05) is 20.8 Å². The monoisotopic (exact) mass is 460 g/mol. The highest BCUT2D eigenvalue weighted by Gasteiger charge is 2.30. The van der Waals surface area contributed by atoms with Crippen LogP contribution < -0.4 is 11.1 Å². The fourth-order valence-corrected chi connectivity index (χ4v) is 4.43. The van der Waals surface area contributed by atoms with Crippen LogP contribution in [0.1, 0.15) is 63.9 Å². The maximum absolute atomic E-state index is 12.9. The molecule has 1 saturated carbocycles. The van der Waals surface area contributed by atoms with Crippen molar-refractivity contribution in [1.29, 1.82) is 0 Å². The normalized spacial score (nSPS) is 19.7. The summed E-state index contributed by atoms with van der Waals surface area (Å²) < 4.78 is 40.9. The van der Waals surface area contributed by atoms with Crippen LogP contribution in [0.15, 0.2) is 30.5 Å². The minimum atomic E-state index is -4.37. The average molecular weight is 461 g/mol. The number of aromatic nitrogens is 4. The average Bonchev–Trinajstić information content (AvgIpc) is 3.09. The third-order valence-corrected chi connectivity index (χ3v) is 6.15. The number of hydrogen-bond acceptors (Lipinski definition) is 5. The third-order valence-electron chi connectivity index (χ3n) is 6.15. The van der Waals surface area contributed by atoms with Gasteiger partial charge in [-0.15, -0.1) is 0 Å². The summed E-state index contributed by atoms with van der Waals surface area (Å²) in [5.74, 6) is 1.85.